The lowest BCUT2D eigenvalue weighted by Crippen LogP contribution is -1.99. The summed E-state index contributed by atoms with van der Waals surface area (Å²) in [7, 11) is 1.64. The minimum atomic E-state index is 0.520. The second kappa shape index (κ2) is 8.37. The van der Waals surface area contributed by atoms with Gasteiger partial charge in [-0.15, -0.1) is 15.3 Å². The van der Waals surface area contributed by atoms with Gasteiger partial charge in [-0.25, -0.2) is 4.68 Å². The van der Waals surface area contributed by atoms with Crippen LogP contribution in [-0.2, 0) is 13.0 Å². The van der Waals surface area contributed by atoms with Gasteiger partial charge in [-0.1, -0.05) is 40.3 Å². The van der Waals surface area contributed by atoms with E-state index in [-0.39, 0.29) is 0 Å². The highest BCUT2D eigenvalue weighted by atomic mass is 35.5. The first-order valence-electron chi connectivity index (χ1n) is 8.56. The zero-order valence-corrected chi connectivity index (χ0v) is 16.6. The Hall–Kier alpha value is -2.97. The number of methoxy groups -OCH3 is 1. The molecule has 1 N–H and O–H groups in total. The molecule has 0 fully saturated rings. The van der Waals surface area contributed by atoms with Crippen LogP contribution in [0, 0.1) is 0 Å². The molecule has 4 aromatic rings. The number of halogens is 1. The minimum absolute atomic E-state index is 0.520. The number of hydrogen-bond donors (Lipinski definition) is 1. The fraction of sp³-hybridized carbons (Fsp3) is 0.158. The number of ether oxygens (including phenoxy) is 1. The van der Waals surface area contributed by atoms with E-state index in [9.17, 15) is 0 Å². The first-order valence-corrected chi connectivity index (χ1v) is 9.75. The molecule has 28 heavy (non-hydrogen) atoms. The molecular weight excluding hydrogens is 396 g/mol. The maximum atomic E-state index is 5.92. The van der Waals surface area contributed by atoms with Crippen molar-refractivity contribution in [3.63, 3.8) is 0 Å². The number of nitrogens with one attached hydrogen (secondary N) is 1. The van der Waals surface area contributed by atoms with Crippen molar-refractivity contribution in [1.82, 2.24) is 25.2 Å². The van der Waals surface area contributed by atoms with Gasteiger partial charge in [-0.05, 0) is 42.0 Å². The van der Waals surface area contributed by atoms with Gasteiger partial charge in [0.1, 0.15) is 16.5 Å². The summed E-state index contributed by atoms with van der Waals surface area (Å²) >= 11 is 7.44. The smallest absolute Gasteiger partial charge is 0.206 e. The lowest BCUT2D eigenvalue weighted by Gasteiger charge is -2.02. The van der Waals surface area contributed by atoms with E-state index in [0.29, 0.717) is 6.54 Å². The number of aromatic nitrogens is 5. The van der Waals surface area contributed by atoms with E-state index in [1.165, 1.54) is 11.3 Å². The van der Waals surface area contributed by atoms with Crippen LogP contribution in [0.2, 0.25) is 5.02 Å². The highest BCUT2D eigenvalue weighted by Crippen LogP contribution is 2.20. The largest absolute Gasteiger partial charge is 0.497 e. The quantitative estimate of drug-likeness (QED) is 0.494. The number of nitrogens with zero attached hydrogens (tertiary/aromatic N) is 5. The first kappa shape index (κ1) is 18.4. The SMILES string of the molecule is COc1ccc(-n2cc(CNc3nnc(Cc4ccc(Cl)cc4)s3)nn2)cc1. The molecule has 0 saturated heterocycles. The molecule has 142 valence electrons. The highest BCUT2D eigenvalue weighted by molar-refractivity contribution is 7.15. The molecule has 0 spiro atoms. The fourth-order valence-corrected chi connectivity index (χ4v) is 3.48. The zero-order chi connectivity index (χ0) is 19.3. The maximum absolute atomic E-state index is 5.92. The van der Waals surface area contributed by atoms with Gasteiger partial charge in [0.05, 0.1) is 25.5 Å². The minimum Gasteiger partial charge on any atom is -0.497 e. The van der Waals surface area contributed by atoms with Crippen LogP contribution in [0.5, 0.6) is 5.75 Å². The predicted octanol–water partition coefficient (Wildman–Crippen LogP) is 3.98. The Morgan fingerprint density at radius 1 is 1.04 bits per heavy atom. The molecule has 0 amide bonds. The normalized spacial score (nSPS) is 10.8. The summed E-state index contributed by atoms with van der Waals surface area (Å²) < 4.78 is 6.89. The van der Waals surface area contributed by atoms with Gasteiger partial charge < -0.3 is 10.1 Å². The van der Waals surface area contributed by atoms with Gasteiger partial charge >= 0.3 is 0 Å². The van der Waals surface area contributed by atoms with Gasteiger partial charge in [0, 0.05) is 11.4 Å². The molecule has 9 heteroatoms. The Bertz CT molecular complexity index is 1040. The van der Waals surface area contributed by atoms with Crippen LogP contribution < -0.4 is 10.1 Å². The number of rotatable bonds is 7. The predicted molar refractivity (Wildman–Crippen MR) is 109 cm³/mol. The molecule has 0 aliphatic carbocycles. The first-order chi connectivity index (χ1) is 13.7. The second-order valence-electron chi connectivity index (χ2n) is 6.01. The van der Waals surface area contributed by atoms with Gasteiger partial charge in [0.25, 0.3) is 0 Å². The standard InChI is InChI=1S/C19H17ClN6OS/c1-27-17-8-6-16(7-9-17)26-12-15(22-25-26)11-21-19-24-23-18(28-19)10-13-2-4-14(20)5-3-13/h2-9,12H,10-11H2,1H3,(H,21,24). The van der Waals surface area contributed by atoms with Crippen molar-refractivity contribution in [3.8, 4) is 11.4 Å². The molecule has 0 saturated carbocycles. The summed E-state index contributed by atoms with van der Waals surface area (Å²) in [6.45, 7) is 0.520. The molecule has 0 radical (unpaired) electrons. The molecule has 0 aliphatic rings. The molecule has 0 bridgehead atoms. The van der Waals surface area contributed by atoms with E-state index in [1.807, 2.05) is 54.7 Å². The van der Waals surface area contributed by atoms with Crippen molar-refractivity contribution >= 4 is 28.1 Å². The summed E-state index contributed by atoms with van der Waals surface area (Å²) in [6.07, 6.45) is 2.61. The summed E-state index contributed by atoms with van der Waals surface area (Å²) in [5, 5.41) is 22.5. The van der Waals surface area contributed by atoms with Gasteiger partial charge in [-0.3, -0.25) is 0 Å². The fourth-order valence-electron chi connectivity index (χ4n) is 2.58. The molecule has 4 rings (SSSR count). The van der Waals surface area contributed by atoms with Crippen molar-refractivity contribution in [3.05, 3.63) is 76.0 Å². The average Bonchev–Trinajstić information content (AvgIpc) is 3.38. The maximum Gasteiger partial charge on any atom is 0.206 e. The van der Waals surface area contributed by atoms with E-state index in [4.69, 9.17) is 16.3 Å². The number of anilines is 1. The summed E-state index contributed by atoms with van der Waals surface area (Å²) in [6, 6.07) is 15.4. The van der Waals surface area contributed by atoms with Gasteiger partial charge in [-0.2, -0.15) is 0 Å². The summed E-state index contributed by atoms with van der Waals surface area (Å²) in [4.78, 5) is 0. The Labute approximate surface area is 171 Å². The highest BCUT2D eigenvalue weighted by Gasteiger charge is 2.07. The lowest BCUT2D eigenvalue weighted by molar-refractivity contribution is 0.414. The molecule has 2 heterocycles. The zero-order valence-electron chi connectivity index (χ0n) is 15.0. The van der Waals surface area contributed by atoms with E-state index >= 15 is 0 Å². The van der Waals surface area contributed by atoms with Crippen molar-refractivity contribution < 1.29 is 4.74 Å². The molecule has 0 unspecified atom stereocenters. The van der Waals surface area contributed by atoms with Crippen LogP contribution in [0.4, 0.5) is 5.13 Å². The summed E-state index contributed by atoms with van der Waals surface area (Å²) in [5.41, 5.74) is 2.88. The lowest BCUT2D eigenvalue weighted by atomic mass is 10.2. The van der Waals surface area contributed by atoms with E-state index in [0.717, 1.165) is 44.3 Å². The van der Waals surface area contributed by atoms with Gasteiger partial charge in [0.15, 0.2) is 0 Å². The molecule has 0 atom stereocenters. The third-order valence-electron chi connectivity index (χ3n) is 4.03. The molecular formula is C19H17ClN6OS. The Kier molecular flexibility index (Phi) is 5.50. The monoisotopic (exact) mass is 412 g/mol. The molecule has 2 aromatic carbocycles. The Balaban J connectivity index is 1.35. The summed E-state index contributed by atoms with van der Waals surface area (Å²) in [5.74, 6) is 0.802. The van der Waals surface area contributed by atoms with Crippen LogP contribution >= 0.6 is 22.9 Å². The second-order valence-corrected chi connectivity index (χ2v) is 7.51. The van der Waals surface area contributed by atoms with Crippen molar-refractivity contribution in [1.29, 1.82) is 0 Å². The third kappa shape index (κ3) is 4.47. The van der Waals surface area contributed by atoms with E-state index in [2.05, 4.69) is 25.8 Å². The number of hydrogen-bond acceptors (Lipinski definition) is 7. The van der Waals surface area contributed by atoms with Crippen molar-refractivity contribution in [2.45, 2.75) is 13.0 Å². The third-order valence-corrected chi connectivity index (χ3v) is 5.17. The van der Waals surface area contributed by atoms with Crippen LogP contribution in [0.15, 0.2) is 54.7 Å². The van der Waals surface area contributed by atoms with Gasteiger partial charge in [0.2, 0.25) is 5.13 Å². The Morgan fingerprint density at radius 2 is 1.82 bits per heavy atom. The van der Waals surface area contributed by atoms with Crippen molar-refractivity contribution in [2.75, 3.05) is 12.4 Å². The van der Waals surface area contributed by atoms with Crippen molar-refractivity contribution in [2.24, 2.45) is 0 Å². The number of benzene rings is 2. The van der Waals surface area contributed by atoms with Crippen LogP contribution in [0.3, 0.4) is 0 Å². The van der Waals surface area contributed by atoms with E-state index in [1.54, 1.807) is 11.8 Å². The van der Waals surface area contributed by atoms with Crippen LogP contribution in [0.25, 0.3) is 5.69 Å². The molecule has 0 aliphatic heterocycles. The van der Waals surface area contributed by atoms with Crippen LogP contribution in [-0.4, -0.2) is 32.3 Å². The Morgan fingerprint density at radius 3 is 2.57 bits per heavy atom. The average molecular weight is 413 g/mol. The topological polar surface area (TPSA) is 77.8 Å². The van der Waals surface area contributed by atoms with E-state index < -0.39 is 0 Å². The van der Waals surface area contributed by atoms with Crippen LogP contribution in [0.1, 0.15) is 16.3 Å². The molecule has 2 aromatic heterocycles. The molecule has 7 nitrogen and oxygen atoms in total.